The summed E-state index contributed by atoms with van der Waals surface area (Å²) < 4.78 is 10.6. The Balaban J connectivity index is 2.56. The number of carbonyl (C=O) groups is 1. The second-order valence-electron chi connectivity index (χ2n) is 3.99. The van der Waals surface area contributed by atoms with Crippen molar-refractivity contribution in [2.75, 3.05) is 7.11 Å². The summed E-state index contributed by atoms with van der Waals surface area (Å²) in [5.41, 5.74) is 0.959. The van der Waals surface area contributed by atoms with Crippen LogP contribution < -0.4 is 4.74 Å². The Bertz CT molecular complexity index is 397. The second kappa shape index (κ2) is 6.81. The van der Waals surface area contributed by atoms with Gasteiger partial charge in [0, 0.05) is 0 Å². The van der Waals surface area contributed by atoms with Crippen molar-refractivity contribution in [3.63, 3.8) is 0 Å². The highest BCUT2D eigenvalue weighted by Gasteiger charge is 2.21. The smallest absolute Gasteiger partial charge is 0.309 e. The highest BCUT2D eigenvalue weighted by Crippen LogP contribution is 2.15. The number of methoxy groups -OCH3 is 1. The van der Waals surface area contributed by atoms with E-state index < -0.39 is 18.0 Å². The molecule has 4 nitrogen and oxygen atoms in total. The summed E-state index contributed by atoms with van der Waals surface area (Å²) in [4.78, 5) is 10.9. The third kappa shape index (κ3) is 3.89. The van der Waals surface area contributed by atoms with Crippen molar-refractivity contribution in [1.29, 1.82) is 0 Å². The zero-order valence-electron chi connectivity index (χ0n) is 10.6. The lowest BCUT2D eigenvalue weighted by Gasteiger charge is -2.17. The second-order valence-corrected chi connectivity index (χ2v) is 3.99. The van der Waals surface area contributed by atoms with Crippen LogP contribution in [0.2, 0.25) is 0 Å². The van der Waals surface area contributed by atoms with Crippen LogP contribution in [0.4, 0.5) is 0 Å². The van der Waals surface area contributed by atoms with Crippen LogP contribution in [0.15, 0.2) is 36.9 Å². The lowest BCUT2D eigenvalue weighted by Crippen LogP contribution is -2.26. The van der Waals surface area contributed by atoms with E-state index in [0.717, 1.165) is 11.3 Å². The van der Waals surface area contributed by atoms with E-state index in [0.29, 0.717) is 6.61 Å². The maximum Gasteiger partial charge on any atom is 0.309 e. The molecule has 98 valence electrons. The summed E-state index contributed by atoms with van der Waals surface area (Å²) in [5, 5.41) is 8.90. The van der Waals surface area contributed by atoms with Crippen LogP contribution in [0.5, 0.6) is 5.75 Å². The molecular formula is C14H18O4. The molecule has 0 aliphatic rings. The topological polar surface area (TPSA) is 55.8 Å². The molecule has 1 rings (SSSR count). The van der Waals surface area contributed by atoms with Gasteiger partial charge in [0.05, 0.1) is 25.7 Å². The highest BCUT2D eigenvalue weighted by atomic mass is 16.5. The molecule has 1 N–H and O–H groups in total. The van der Waals surface area contributed by atoms with Crippen molar-refractivity contribution in [2.24, 2.45) is 5.92 Å². The van der Waals surface area contributed by atoms with Crippen molar-refractivity contribution in [3.8, 4) is 5.75 Å². The summed E-state index contributed by atoms with van der Waals surface area (Å²) in [7, 11) is 1.60. The summed E-state index contributed by atoms with van der Waals surface area (Å²) in [6.45, 7) is 5.54. The van der Waals surface area contributed by atoms with Crippen LogP contribution in [-0.2, 0) is 16.1 Å². The predicted octanol–water partition coefficient (Wildman–Crippen LogP) is 2.49. The molecule has 0 spiro atoms. The van der Waals surface area contributed by atoms with Gasteiger partial charge in [-0.1, -0.05) is 18.2 Å². The maximum atomic E-state index is 10.9. The first-order valence-corrected chi connectivity index (χ1v) is 5.68. The molecule has 0 saturated carbocycles. The van der Waals surface area contributed by atoms with Crippen molar-refractivity contribution in [3.05, 3.63) is 42.5 Å². The van der Waals surface area contributed by atoms with E-state index in [2.05, 4.69) is 6.58 Å². The van der Waals surface area contributed by atoms with E-state index in [9.17, 15) is 4.79 Å². The third-order valence-electron chi connectivity index (χ3n) is 2.72. The minimum atomic E-state index is -0.894. The molecular weight excluding hydrogens is 232 g/mol. The average molecular weight is 250 g/mol. The molecule has 1 aromatic rings. The maximum absolute atomic E-state index is 10.9. The Labute approximate surface area is 107 Å². The van der Waals surface area contributed by atoms with Crippen LogP contribution in [0.1, 0.15) is 12.5 Å². The Morgan fingerprint density at radius 3 is 2.50 bits per heavy atom. The van der Waals surface area contributed by atoms with Gasteiger partial charge in [0.1, 0.15) is 5.75 Å². The summed E-state index contributed by atoms with van der Waals surface area (Å²) in [5.74, 6) is -0.728. The van der Waals surface area contributed by atoms with Gasteiger partial charge in [-0.3, -0.25) is 4.79 Å². The van der Waals surface area contributed by atoms with E-state index in [1.165, 1.54) is 6.08 Å². The van der Waals surface area contributed by atoms with Gasteiger partial charge in [-0.2, -0.15) is 0 Å². The van der Waals surface area contributed by atoms with Gasteiger partial charge in [-0.25, -0.2) is 0 Å². The van der Waals surface area contributed by atoms with Gasteiger partial charge in [-0.15, -0.1) is 6.58 Å². The minimum absolute atomic E-state index is 0.346. The highest BCUT2D eigenvalue weighted by molar-refractivity contribution is 5.70. The molecule has 0 aliphatic heterocycles. The lowest BCUT2D eigenvalue weighted by atomic mass is 10.1. The Morgan fingerprint density at radius 1 is 1.44 bits per heavy atom. The number of carboxylic acid groups (broad SMARTS) is 1. The summed E-state index contributed by atoms with van der Waals surface area (Å²) in [6.07, 6.45) is 1.02. The average Bonchev–Trinajstić information content (AvgIpc) is 2.39. The van der Waals surface area contributed by atoms with Gasteiger partial charge in [0.2, 0.25) is 0 Å². The molecule has 2 atom stereocenters. The van der Waals surface area contributed by atoms with Gasteiger partial charge in [0.15, 0.2) is 0 Å². The molecule has 0 fully saturated rings. The van der Waals surface area contributed by atoms with E-state index >= 15 is 0 Å². The molecule has 0 aliphatic carbocycles. The molecule has 0 bridgehead atoms. The zero-order valence-corrected chi connectivity index (χ0v) is 10.6. The SMILES string of the molecule is C=C[C@@H](OCc1ccc(OC)cc1)[C@@H](C)C(=O)O. The van der Waals surface area contributed by atoms with E-state index in [4.69, 9.17) is 14.6 Å². The number of benzene rings is 1. The number of carboxylic acids is 1. The predicted molar refractivity (Wildman–Crippen MR) is 68.6 cm³/mol. The molecule has 18 heavy (non-hydrogen) atoms. The number of rotatable bonds is 7. The van der Waals surface area contributed by atoms with Crippen molar-refractivity contribution >= 4 is 5.97 Å². The fourth-order valence-corrected chi connectivity index (χ4v) is 1.47. The largest absolute Gasteiger partial charge is 0.497 e. The van der Waals surface area contributed by atoms with Gasteiger partial charge >= 0.3 is 5.97 Å². The fraction of sp³-hybridized carbons (Fsp3) is 0.357. The first kappa shape index (κ1) is 14.3. The fourth-order valence-electron chi connectivity index (χ4n) is 1.47. The van der Waals surface area contributed by atoms with Gasteiger partial charge in [0.25, 0.3) is 0 Å². The number of hydrogen-bond acceptors (Lipinski definition) is 3. The Morgan fingerprint density at radius 2 is 2.06 bits per heavy atom. The van der Waals surface area contributed by atoms with Crippen LogP contribution in [0.3, 0.4) is 0 Å². The quantitative estimate of drug-likeness (QED) is 0.755. The van der Waals surface area contributed by atoms with E-state index in [1.807, 2.05) is 24.3 Å². The number of aliphatic carboxylic acids is 1. The van der Waals surface area contributed by atoms with Crippen LogP contribution >= 0.6 is 0 Å². The molecule has 0 radical (unpaired) electrons. The Kier molecular flexibility index (Phi) is 5.39. The first-order valence-electron chi connectivity index (χ1n) is 5.68. The molecule has 4 heteroatoms. The molecule has 0 unspecified atom stereocenters. The summed E-state index contributed by atoms with van der Waals surface area (Å²) >= 11 is 0. The zero-order chi connectivity index (χ0) is 13.5. The third-order valence-corrected chi connectivity index (χ3v) is 2.72. The van der Waals surface area contributed by atoms with Gasteiger partial charge in [-0.05, 0) is 24.6 Å². The number of ether oxygens (including phenoxy) is 2. The standard InChI is InChI=1S/C14H18O4/c1-4-13(10(2)14(15)16)18-9-11-5-7-12(17-3)8-6-11/h4-8,10,13H,1,9H2,2-3H3,(H,15,16)/t10-,13-/m1/s1. The lowest BCUT2D eigenvalue weighted by molar-refractivity contribution is -0.145. The van der Waals surface area contributed by atoms with Crippen molar-refractivity contribution < 1.29 is 19.4 Å². The molecule has 0 heterocycles. The van der Waals surface area contributed by atoms with Crippen LogP contribution in [-0.4, -0.2) is 24.3 Å². The Hall–Kier alpha value is -1.81. The van der Waals surface area contributed by atoms with Crippen molar-refractivity contribution in [1.82, 2.24) is 0 Å². The van der Waals surface area contributed by atoms with Crippen molar-refractivity contribution in [2.45, 2.75) is 19.6 Å². The first-order chi connectivity index (χ1) is 8.58. The molecule has 1 aromatic carbocycles. The molecule has 0 saturated heterocycles. The molecule has 0 aromatic heterocycles. The van der Waals surface area contributed by atoms with E-state index in [1.54, 1.807) is 14.0 Å². The molecule has 0 amide bonds. The van der Waals surface area contributed by atoms with Gasteiger partial charge < -0.3 is 14.6 Å². The monoisotopic (exact) mass is 250 g/mol. The minimum Gasteiger partial charge on any atom is -0.497 e. The summed E-state index contributed by atoms with van der Waals surface area (Å²) in [6, 6.07) is 7.43. The number of hydrogen-bond donors (Lipinski definition) is 1. The van der Waals surface area contributed by atoms with Crippen LogP contribution in [0, 0.1) is 5.92 Å². The van der Waals surface area contributed by atoms with Crippen LogP contribution in [0.25, 0.3) is 0 Å². The van der Waals surface area contributed by atoms with E-state index in [-0.39, 0.29) is 0 Å². The normalized spacial score (nSPS) is 13.7.